The molecule has 114 valence electrons. The first-order valence-corrected chi connectivity index (χ1v) is 8.94. The highest BCUT2D eigenvalue weighted by atomic mass is 15.2. The third kappa shape index (κ3) is 3.65. The fraction of sp³-hybridized carbons (Fsp3) is 0.889. The van der Waals surface area contributed by atoms with E-state index in [1.54, 1.807) is 0 Å². The van der Waals surface area contributed by atoms with Gasteiger partial charge in [-0.3, -0.25) is 0 Å². The van der Waals surface area contributed by atoms with Crippen molar-refractivity contribution in [3.8, 4) is 0 Å². The zero-order valence-corrected chi connectivity index (χ0v) is 13.3. The summed E-state index contributed by atoms with van der Waals surface area (Å²) in [5.41, 5.74) is 0. The number of hydrogen-bond acceptors (Lipinski definition) is 2. The summed E-state index contributed by atoms with van der Waals surface area (Å²) >= 11 is 0. The van der Waals surface area contributed by atoms with Crippen molar-refractivity contribution in [1.82, 2.24) is 9.80 Å². The maximum atomic E-state index is 2.75. The Balaban J connectivity index is 1.41. The number of nitrogens with zero attached hydrogens (tertiary/aromatic N) is 2. The molecule has 0 saturated carbocycles. The minimum absolute atomic E-state index is 0.831. The Kier molecular flexibility index (Phi) is 5.17. The number of likely N-dealkylation sites (tertiary alicyclic amines) is 2. The monoisotopic (exact) mass is 276 g/mol. The molecule has 0 aromatic carbocycles. The van der Waals surface area contributed by atoms with Gasteiger partial charge in [0.1, 0.15) is 0 Å². The molecule has 2 aliphatic heterocycles. The van der Waals surface area contributed by atoms with Crippen LogP contribution in [0.5, 0.6) is 0 Å². The third-order valence-electron chi connectivity index (χ3n) is 5.93. The van der Waals surface area contributed by atoms with Crippen molar-refractivity contribution in [2.45, 2.75) is 57.9 Å². The van der Waals surface area contributed by atoms with Crippen molar-refractivity contribution in [2.75, 3.05) is 32.7 Å². The second-order valence-corrected chi connectivity index (χ2v) is 7.27. The molecule has 2 fully saturated rings. The van der Waals surface area contributed by atoms with E-state index >= 15 is 0 Å². The van der Waals surface area contributed by atoms with Crippen LogP contribution in [-0.4, -0.2) is 48.6 Å². The summed E-state index contributed by atoms with van der Waals surface area (Å²) in [5.74, 6) is 1.89. The van der Waals surface area contributed by atoms with Crippen LogP contribution in [0.2, 0.25) is 0 Å². The highest BCUT2D eigenvalue weighted by molar-refractivity contribution is 4.91. The van der Waals surface area contributed by atoms with E-state index in [9.17, 15) is 0 Å². The van der Waals surface area contributed by atoms with Crippen molar-refractivity contribution >= 4 is 0 Å². The molecule has 0 bridgehead atoms. The molecule has 2 heteroatoms. The molecule has 2 unspecified atom stereocenters. The minimum Gasteiger partial charge on any atom is -0.303 e. The molecule has 0 amide bonds. The molecule has 1 aliphatic carbocycles. The van der Waals surface area contributed by atoms with Crippen LogP contribution in [0, 0.1) is 11.8 Å². The molecule has 0 spiro atoms. The second kappa shape index (κ2) is 7.09. The van der Waals surface area contributed by atoms with E-state index in [-0.39, 0.29) is 0 Å². The van der Waals surface area contributed by atoms with Gasteiger partial charge in [-0.15, -0.1) is 0 Å². The molecule has 0 N–H and O–H groups in total. The van der Waals surface area contributed by atoms with E-state index in [1.807, 2.05) is 0 Å². The Morgan fingerprint density at radius 3 is 2.40 bits per heavy atom. The van der Waals surface area contributed by atoms with Gasteiger partial charge >= 0.3 is 0 Å². The normalized spacial score (nSPS) is 31.8. The summed E-state index contributed by atoms with van der Waals surface area (Å²) in [5, 5.41) is 0. The minimum atomic E-state index is 0.831. The van der Waals surface area contributed by atoms with E-state index in [0.717, 1.165) is 17.9 Å². The fourth-order valence-electron chi connectivity index (χ4n) is 4.45. The predicted octanol–water partition coefficient (Wildman–Crippen LogP) is 3.54. The number of hydrogen-bond donors (Lipinski definition) is 0. The molecule has 0 aromatic heterocycles. The molecule has 3 aliphatic rings. The molecule has 2 atom stereocenters. The van der Waals surface area contributed by atoms with Gasteiger partial charge in [0, 0.05) is 12.6 Å². The van der Waals surface area contributed by atoms with Gasteiger partial charge in [0.25, 0.3) is 0 Å². The first-order chi connectivity index (χ1) is 9.83. The molecule has 0 aromatic rings. The zero-order valence-electron chi connectivity index (χ0n) is 13.3. The lowest BCUT2D eigenvalue weighted by atomic mass is 9.88. The van der Waals surface area contributed by atoms with Crippen molar-refractivity contribution in [1.29, 1.82) is 0 Å². The van der Waals surface area contributed by atoms with E-state index in [4.69, 9.17) is 0 Å². The van der Waals surface area contributed by atoms with Gasteiger partial charge in [-0.2, -0.15) is 0 Å². The molecule has 0 radical (unpaired) electrons. The van der Waals surface area contributed by atoms with Crippen molar-refractivity contribution < 1.29 is 0 Å². The Labute approximate surface area is 125 Å². The Bertz CT molecular complexity index is 311. The maximum Gasteiger partial charge on any atom is 0.00961 e. The van der Waals surface area contributed by atoms with Gasteiger partial charge in [0.05, 0.1) is 0 Å². The zero-order chi connectivity index (χ0) is 13.8. The van der Waals surface area contributed by atoms with Crippen LogP contribution in [0.25, 0.3) is 0 Å². The average Bonchev–Trinajstić information content (AvgIpc) is 3.03. The van der Waals surface area contributed by atoms with Crippen LogP contribution in [0.4, 0.5) is 0 Å². The van der Waals surface area contributed by atoms with E-state index in [0.29, 0.717) is 0 Å². The summed E-state index contributed by atoms with van der Waals surface area (Å²) in [4.78, 5) is 5.49. The van der Waals surface area contributed by atoms with Gasteiger partial charge in [0.15, 0.2) is 0 Å². The fourth-order valence-corrected chi connectivity index (χ4v) is 4.45. The molecule has 20 heavy (non-hydrogen) atoms. The first-order valence-electron chi connectivity index (χ1n) is 8.94. The number of rotatable bonds is 4. The van der Waals surface area contributed by atoms with Crippen LogP contribution in [0.15, 0.2) is 12.2 Å². The summed E-state index contributed by atoms with van der Waals surface area (Å²) in [7, 11) is 0. The number of allylic oxidation sites excluding steroid dienone is 2. The standard InChI is InChI=1S/C18H32N2/c1-16(20-11-5-6-12-20)18-9-13-19(14-10-18)15-17-7-3-2-4-8-17/h2-3,16-18H,4-15H2,1H3. The number of piperidine rings is 1. The van der Waals surface area contributed by atoms with Gasteiger partial charge in [-0.25, -0.2) is 0 Å². The average molecular weight is 276 g/mol. The van der Waals surface area contributed by atoms with E-state index in [2.05, 4.69) is 28.9 Å². The SMILES string of the molecule is CC(C1CCN(CC2CC=CCC2)CC1)N1CCCC1. The lowest BCUT2D eigenvalue weighted by Crippen LogP contribution is -2.44. The lowest BCUT2D eigenvalue weighted by molar-refractivity contribution is 0.101. The van der Waals surface area contributed by atoms with Crippen LogP contribution in [0.1, 0.15) is 51.9 Å². The van der Waals surface area contributed by atoms with Gasteiger partial charge in [0.2, 0.25) is 0 Å². The Morgan fingerprint density at radius 2 is 1.75 bits per heavy atom. The summed E-state index contributed by atoms with van der Waals surface area (Å²) < 4.78 is 0. The smallest absolute Gasteiger partial charge is 0.00961 e. The Morgan fingerprint density at radius 1 is 1.00 bits per heavy atom. The first kappa shape index (κ1) is 14.6. The summed E-state index contributed by atoms with van der Waals surface area (Å²) in [6, 6.07) is 0.831. The van der Waals surface area contributed by atoms with Crippen LogP contribution in [0.3, 0.4) is 0 Å². The summed E-state index contributed by atoms with van der Waals surface area (Å²) in [6.07, 6.45) is 14.5. The molecule has 2 nitrogen and oxygen atoms in total. The molecule has 2 saturated heterocycles. The highest BCUT2D eigenvalue weighted by Crippen LogP contribution is 2.28. The predicted molar refractivity (Wildman–Crippen MR) is 85.9 cm³/mol. The van der Waals surface area contributed by atoms with E-state index < -0.39 is 0 Å². The maximum absolute atomic E-state index is 2.75. The van der Waals surface area contributed by atoms with Crippen LogP contribution < -0.4 is 0 Å². The lowest BCUT2D eigenvalue weighted by Gasteiger charge is -2.39. The van der Waals surface area contributed by atoms with Crippen LogP contribution in [-0.2, 0) is 0 Å². The van der Waals surface area contributed by atoms with Crippen molar-refractivity contribution in [3.63, 3.8) is 0 Å². The van der Waals surface area contributed by atoms with E-state index in [1.165, 1.54) is 77.7 Å². The van der Waals surface area contributed by atoms with Crippen molar-refractivity contribution in [3.05, 3.63) is 12.2 Å². The molecular weight excluding hydrogens is 244 g/mol. The highest BCUT2D eigenvalue weighted by Gasteiger charge is 2.29. The largest absolute Gasteiger partial charge is 0.303 e. The molecule has 2 heterocycles. The van der Waals surface area contributed by atoms with Gasteiger partial charge in [-0.05, 0) is 89.9 Å². The third-order valence-corrected chi connectivity index (χ3v) is 5.93. The Hall–Kier alpha value is -0.340. The second-order valence-electron chi connectivity index (χ2n) is 7.27. The van der Waals surface area contributed by atoms with Gasteiger partial charge < -0.3 is 9.80 Å². The van der Waals surface area contributed by atoms with Crippen LogP contribution >= 0.6 is 0 Å². The topological polar surface area (TPSA) is 6.48 Å². The molecule has 3 rings (SSSR count). The summed E-state index contributed by atoms with van der Waals surface area (Å²) in [6.45, 7) is 9.25. The van der Waals surface area contributed by atoms with Gasteiger partial charge in [-0.1, -0.05) is 12.2 Å². The van der Waals surface area contributed by atoms with Crippen molar-refractivity contribution in [2.24, 2.45) is 11.8 Å². The molecular formula is C18H32N2. The quantitative estimate of drug-likeness (QED) is 0.725.